The van der Waals surface area contributed by atoms with Gasteiger partial charge in [0.25, 0.3) is 0 Å². The SMILES string of the molecule is CC1CCCCC1(CNC(=O)OC(C)(C)C)NCc1ccsc1. The Kier molecular flexibility index (Phi) is 6.09. The van der Waals surface area contributed by atoms with Crippen LogP contribution in [0.5, 0.6) is 0 Å². The summed E-state index contributed by atoms with van der Waals surface area (Å²) in [5, 5.41) is 11.0. The predicted molar refractivity (Wildman–Crippen MR) is 95.8 cm³/mol. The first-order valence-electron chi connectivity index (χ1n) is 8.54. The van der Waals surface area contributed by atoms with E-state index >= 15 is 0 Å². The Labute approximate surface area is 144 Å². The molecular formula is C18H30N2O2S. The molecule has 23 heavy (non-hydrogen) atoms. The van der Waals surface area contributed by atoms with Gasteiger partial charge in [0.15, 0.2) is 0 Å². The highest BCUT2D eigenvalue weighted by molar-refractivity contribution is 7.07. The summed E-state index contributed by atoms with van der Waals surface area (Å²) in [4.78, 5) is 12.0. The molecule has 0 radical (unpaired) electrons. The fourth-order valence-corrected chi connectivity index (χ4v) is 3.89. The third-order valence-corrected chi connectivity index (χ3v) is 5.36. The molecule has 1 aliphatic rings. The molecule has 2 atom stereocenters. The average Bonchev–Trinajstić information content (AvgIpc) is 2.97. The van der Waals surface area contributed by atoms with Gasteiger partial charge in [0.1, 0.15) is 5.60 Å². The first-order chi connectivity index (χ1) is 10.8. The Bertz CT molecular complexity index is 496. The molecule has 0 spiro atoms. The number of hydrogen-bond donors (Lipinski definition) is 2. The summed E-state index contributed by atoms with van der Waals surface area (Å²) in [5.41, 5.74) is 0.806. The van der Waals surface area contributed by atoms with Gasteiger partial charge < -0.3 is 15.4 Å². The summed E-state index contributed by atoms with van der Waals surface area (Å²) >= 11 is 1.72. The van der Waals surface area contributed by atoms with Gasteiger partial charge in [0.05, 0.1) is 0 Å². The zero-order valence-electron chi connectivity index (χ0n) is 14.8. The molecule has 0 aliphatic heterocycles. The molecule has 5 heteroatoms. The van der Waals surface area contributed by atoms with E-state index in [-0.39, 0.29) is 11.6 Å². The lowest BCUT2D eigenvalue weighted by atomic mass is 9.73. The lowest BCUT2D eigenvalue weighted by Gasteiger charge is -2.44. The fraction of sp³-hybridized carbons (Fsp3) is 0.722. The number of ether oxygens (including phenoxy) is 1. The first-order valence-corrected chi connectivity index (χ1v) is 9.48. The van der Waals surface area contributed by atoms with Gasteiger partial charge in [-0.05, 0) is 61.9 Å². The second kappa shape index (κ2) is 7.67. The van der Waals surface area contributed by atoms with Crippen molar-refractivity contribution in [3.8, 4) is 0 Å². The molecule has 1 fully saturated rings. The van der Waals surface area contributed by atoms with Crippen molar-refractivity contribution in [2.75, 3.05) is 6.54 Å². The van der Waals surface area contributed by atoms with Gasteiger partial charge in [0.2, 0.25) is 0 Å². The number of hydrogen-bond acceptors (Lipinski definition) is 4. The van der Waals surface area contributed by atoms with Gasteiger partial charge in [0, 0.05) is 18.6 Å². The van der Waals surface area contributed by atoms with E-state index in [1.165, 1.54) is 24.8 Å². The molecule has 0 bridgehead atoms. The molecule has 0 aromatic carbocycles. The molecule has 4 nitrogen and oxygen atoms in total. The maximum atomic E-state index is 12.0. The fourth-order valence-electron chi connectivity index (χ4n) is 3.22. The smallest absolute Gasteiger partial charge is 0.407 e. The van der Waals surface area contributed by atoms with Crippen molar-refractivity contribution in [2.45, 2.75) is 71.1 Å². The minimum atomic E-state index is -0.459. The number of rotatable bonds is 5. The Morgan fingerprint density at radius 2 is 2.22 bits per heavy atom. The summed E-state index contributed by atoms with van der Waals surface area (Å²) in [7, 11) is 0. The van der Waals surface area contributed by atoms with Crippen molar-refractivity contribution in [3.05, 3.63) is 22.4 Å². The number of alkyl carbamates (subject to hydrolysis) is 1. The van der Waals surface area contributed by atoms with Gasteiger partial charge in [-0.15, -0.1) is 0 Å². The minimum Gasteiger partial charge on any atom is -0.444 e. The third kappa shape index (κ3) is 5.50. The maximum Gasteiger partial charge on any atom is 0.407 e. The van der Waals surface area contributed by atoms with Crippen LogP contribution in [0.15, 0.2) is 16.8 Å². The van der Waals surface area contributed by atoms with Crippen LogP contribution in [0.4, 0.5) is 4.79 Å². The normalized spacial score (nSPS) is 25.1. The third-order valence-electron chi connectivity index (χ3n) is 4.63. The molecule has 1 heterocycles. The predicted octanol–water partition coefficient (Wildman–Crippen LogP) is 4.31. The standard InChI is InChI=1S/C18H30N2O2S/c1-14-7-5-6-9-18(14,20-11-15-8-10-23-12-15)13-19-16(21)22-17(2,3)4/h8,10,12,14,20H,5-7,9,11,13H2,1-4H3,(H,19,21). The van der Waals surface area contributed by atoms with E-state index in [0.717, 1.165) is 13.0 Å². The van der Waals surface area contributed by atoms with Crippen molar-refractivity contribution in [1.82, 2.24) is 10.6 Å². The lowest BCUT2D eigenvalue weighted by molar-refractivity contribution is 0.0479. The minimum absolute atomic E-state index is 0.0446. The highest BCUT2D eigenvalue weighted by Gasteiger charge is 2.38. The molecule has 130 valence electrons. The van der Waals surface area contributed by atoms with Gasteiger partial charge >= 0.3 is 6.09 Å². The molecule has 2 unspecified atom stereocenters. The quantitative estimate of drug-likeness (QED) is 0.841. The number of carbonyl (C=O) groups is 1. The molecule has 1 saturated carbocycles. The van der Waals surface area contributed by atoms with E-state index < -0.39 is 5.60 Å². The number of carbonyl (C=O) groups excluding carboxylic acids is 1. The van der Waals surface area contributed by atoms with Crippen LogP contribution in [0.2, 0.25) is 0 Å². The molecule has 2 N–H and O–H groups in total. The molecule has 1 aliphatic carbocycles. The summed E-state index contributed by atoms with van der Waals surface area (Å²) in [6.07, 6.45) is 4.44. The van der Waals surface area contributed by atoms with Gasteiger partial charge in [-0.25, -0.2) is 4.79 Å². The highest BCUT2D eigenvalue weighted by Crippen LogP contribution is 2.33. The van der Waals surface area contributed by atoms with E-state index in [1.54, 1.807) is 11.3 Å². The summed E-state index contributed by atoms with van der Waals surface area (Å²) in [6.45, 7) is 9.43. The van der Waals surface area contributed by atoms with Crippen LogP contribution in [-0.2, 0) is 11.3 Å². The molecule has 1 amide bonds. The Balaban J connectivity index is 1.97. The lowest BCUT2D eigenvalue weighted by Crippen LogP contribution is -2.58. The van der Waals surface area contributed by atoms with E-state index in [0.29, 0.717) is 12.5 Å². The van der Waals surface area contributed by atoms with Gasteiger partial charge in [-0.2, -0.15) is 11.3 Å². The van der Waals surface area contributed by atoms with Gasteiger partial charge in [-0.1, -0.05) is 19.8 Å². The van der Waals surface area contributed by atoms with Crippen molar-refractivity contribution >= 4 is 17.4 Å². The zero-order valence-corrected chi connectivity index (χ0v) is 15.6. The van der Waals surface area contributed by atoms with E-state index in [9.17, 15) is 4.79 Å². The van der Waals surface area contributed by atoms with Crippen LogP contribution in [0.1, 0.15) is 58.9 Å². The van der Waals surface area contributed by atoms with E-state index in [4.69, 9.17) is 4.74 Å². The number of nitrogens with one attached hydrogen (secondary N) is 2. The van der Waals surface area contributed by atoms with Gasteiger partial charge in [-0.3, -0.25) is 0 Å². The Morgan fingerprint density at radius 3 is 2.83 bits per heavy atom. The summed E-state index contributed by atoms with van der Waals surface area (Å²) in [5.74, 6) is 0.532. The summed E-state index contributed by atoms with van der Waals surface area (Å²) in [6, 6.07) is 2.15. The van der Waals surface area contributed by atoms with Crippen molar-refractivity contribution < 1.29 is 9.53 Å². The van der Waals surface area contributed by atoms with Crippen molar-refractivity contribution in [2.24, 2.45) is 5.92 Å². The van der Waals surface area contributed by atoms with Crippen LogP contribution in [0.25, 0.3) is 0 Å². The van der Waals surface area contributed by atoms with Crippen molar-refractivity contribution in [3.63, 3.8) is 0 Å². The summed E-state index contributed by atoms with van der Waals surface area (Å²) < 4.78 is 5.38. The number of amides is 1. The second-order valence-electron chi connectivity index (χ2n) is 7.64. The zero-order chi connectivity index (χ0) is 16.9. The van der Waals surface area contributed by atoms with Crippen LogP contribution in [0, 0.1) is 5.92 Å². The van der Waals surface area contributed by atoms with Crippen LogP contribution in [-0.4, -0.2) is 23.8 Å². The molecular weight excluding hydrogens is 308 g/mol. The molecule has 0 saturated heterocycles. The first kappa shape index (κ1) is 18.3. The van der Waals surface area contributed by atoms with E-state index in [2.05, 4.69) is 34.4 Å². The number of thiophene rings is 1. The second-order valence-corrected chi connectivity index (χ2v) is 8.42. The van der Waals surface area contributed by atoms with Crippen LogP contribution in [0.3, 0.4) is 0 Å². The Morgan fingerprint density at radius 1 is 1.43 bits per heavy atom. The molecule has 2 rings (SSSR count). The van der Waals surface area contributed by atoms with Crippen LogP contribution < -0.4 is 10.6 Å². The molecule has 1 aromatic heterocycles. The largest absolute Gasteiger partial charge is 0.444 e. The van der Waals surface area contributed by atoms with Crippen molar-refractivity contribution in [1.29, 1.82) is 0 Å². The van der Waals surface area contributed by atoms with Crippen LogP contribution >= 0.6 is 11.3 Å². The monoisotopic (exact) mass is 338 g/mol. The topological polar surface area (TPSA) is 50.4 Å². The molecule has 1 aromatic rings. The maximum absolute atomic E-state index is 12.0. The average molecular weight is 339 g/mol. The highest BCUT2D eigenvalue weighted by atomic mass is 32.1. The van der Waals surface area contributed by atoms with E-state index in [1.807, 2.05) is 20.8 Å². The Hall–Kier alpha value is -1.07.